The van der Waals surface area contributed by atoms with Gasteiger partial charge in [0, 0.05) is 13.0 Å². The molecule has 154 valence electrons. The standard InChI is InChI=1S/C20H42N4O2/c1-5-6-7-8-15-22-19(18(2)25)11-12-20(26)23-16-9-13-21-14-10-17-24(3)4/h19,21-22H,5-17H2,1-4H3,(H,23,26). The van der Waals surface area contributed by atoms with Crippen LogP contribution in [0.1, 0.15) is 65.2 Å². The third-order valence-corrected chi connectivity index (χ3v) is 4.38. The van der Waals surface area contributed by atoms with E-state index in [0.29, 0.717) is 19.4 Å². The monoisotopic (exact) mass is 370 g/mol. The molecule has 1 unspecified atom stereocenters. The third kappa shape index (κ3) is 16.5. The highest BCUT2D eigenvalue weighted by Crippen LogP contribution is 2.02. The number of carbonyl (C=O) groups is 2. The van der Waals surface area contributed by atoms with Crippen molar-refractivity contribution in [3.63, 3.8) is 0 Å². The zero-order chi connectivity index (χ0) is 19.6. The summed E-state index contributed by atoms with van der Waals surface area (Å²) in [5, 5.41) is 9.62. The van der Waals surface area contributed by atoms with E-state index in [4.69, 9.17) is 0 Å². The molecule has 0 aliphatic carbocycles. The molecular weight excluding hydrogens is 328 g/mol. The first-order valence-corrected chi connectivity index (χ1v) is 10.3. The van der Waals surface area contributed by atoms with Crippen molar-refractivity contribution in [2.45, 2.75) is 71.3 Å². The fourth-order valence-electron chi connectivity index (χ4n) is 2.73. The maximum atomic E-state index is 11.9. The zero-order valence-corrected chi connectivity index (χ0v) is 17.5. The second-order valence-electron chi connectivity index (χ2n) is 7.33. The number of carbonyl (C=O) groups excluding carboxylic acids is 2. The summed E-state index contributed by atoms with van der Waals surface area (Å²) in [5.74, 6) is 0.159. The zero-order valence-electron chi connectivity index (χ0n) is 17.5. The van der Waals surface area contributed by atoms with E-state index in [-0.39, 0.29) is 17.7 Å². The molecule has 0 aliphatic heterocycles. The number of nitrogens with zero attached hydrogens (tertiary/aromatic N) is 1. The van der Waals surface area contributed by atoms with Crippen molar-refractivity contribution in [1.29, 1.82) is 0 Å². The van der Waals surface area contributed by atoms with Gasteiger partial charge in [-0.1, -0.05) is 26.2 Å². The van der Waals surface area contributed by atoms with Gasteiger partial charge in [-0.25, -0.2) is 0 Å². The summed E-state index contributed by atoms with van der Waals surface area (Å²) in [6.45, 7) is 8.35. The maximum absolute atomic E-state index is 11.9. The Morgan fingerprint density at radius 2 is 1.65 bits per heavy atom. The van der Waals surface area contributed by atoms with Crippen LogP contribution in [-0.4, -0.2) is 69.5 Å². The maximum Gasteiger partial charge on any atom is 0.220 e. The molecule has 0 aromatic rings. The first kappa shape index (κ1) is 25.0. The minimum absolute atomic E-state index is 0.0386. The molecular formula is C20H42N4O2. The molecule has 0 aliphatic rings. The molecule has 0 rings (SSSR count). The highest BCUT2D eigenvalue weighted by Gasteiger charge is 2.14. The molecule has 0 saturated heterocycles. The highest BCUT2D eigenvalue weighted by atomic mass is 16.1. The van der Waals surface area contributed by atoms with Crippen LogP contribution in [0.5, 0.6) is 0 Å². The van der Waals surface area contributed by atoms with Gasteiger partial charge in [0.15, 0.2) is 0 Å². The fraction of sp³-hybridized carbons (Fsp3) is 0.900. The van der Waals surface area contributed by atoms with Gasteiger partial charge in [-0.05, 0) is 72.9 Å². The van der Waals surface area contributed by atoms with Gasteiger partial charge in [0.2, 0.25) is 5.91 Å². The topological polar surface area (TPSA) is 73.5 Å². The quantitative estimate of drug-likeness (QED) is 0.322. The number of hydrogen-bond donors (Lipinski definition) is 3. The van der Waals surface area contributed by atoms with Gasteiger partial charge in [0.05, 0.1) is 6.04 Å². The number of ketones is 1. The first-order valence-electron chi connectivity index (χ1n) is 10.3. The lowest BCUT2D eigenvalue weighted by Gasteiger charge is -2.15. The van der Waals surface area contributed by atoms with E-state index in [1.165, 1.54) is 19.3 Å². The number of nitrogens with one attached hydrogen (secondary N) is 3. The summed E-state index contributed by atoms with van der Waals surface area (Å²) in [4.78, 5) is 25.8. The molecule has 26 heavy (non-hydrogen) atoms. The van der Waals surface area contributed by atoms with Crippen molar-refractivity contribution in [2.75, 3.05) is 46.8 Å². The Kier molecular flexibility index (Phi) is 16.8. The molecule has 0 aromatic carbocycles. The van der Waals surface area contributed by atoms with Crippen molar-refractivity contribution in [1.82, 2.24) is 20.9 Å². The Morgan fingerprint density at radius 1 is 0.923 bits per heavy atom. The van der Waals surface area contributed by atoms with Gasteiger partial charge in [-0.3, -0.25) is 9.59 Å². The van der Waals surface area contributed by atoms with Gasteiger partial charge in [0.1, 0.15) is 5.78 Å². The molecule has 0 saturated carbocycles. The van der Waals surface area contributed by atoms with Crippen LogP contribution in [0.4, 0.5) is 0 Å². The summed E-state index contributed by atoms with van der Waals surface area (Å²) in [7, 11) is 4.16. The molecule has 6 heteroatoms. The lowest BCUT2D eigenvalue weighted by Crippen LogP contribution is -2.37. The molecule has 0 heterocycles. The number of Topliss-reactive ketones (excluding diaryl/α,β-unsaturated/α-hetero) is 1. The van der Waals surface area contributed by atoms with Gasteiger partial charge < -0.3 is 20.9 Å². The Hall–Kier alpha value is -0.980. The minimum atomic E-state index is -0.194. The lowest BCUT2D eigenvalue weighted by molar-refractivity contribution is -0.122. The van der Waals surface area contributed by atoms with Gasteiger partial charge in [-0.15, -0.1) is 0 Å². The average molecular weight is 371 g/mol. The van der Waals surface area contributed by atoms with Gasteiger partial charge in [-0.2, -0.15) is 0 Å². The van der Waals surface area contributed by atoms with E-state index >= 15 is 0 Å². The van der Waals surface area contributed by atoms with Crippen LogP contribution in [-0.2, 0) is 9.59 Å². The Labute approximate surface area is 160 Å². The predicted octanol–water partition coefficient (Wildman–Crippen LogP) is 1.94. The number of rotatable bonds is 18. The SMILES string of the molecule is CCCCCCNC(CCC(=O)NCCCNCCCN(C)C)C(C)=O. The van der Waals surface area contributed by atoms with Crippen LogP contribution in [0.15, 0.2) is 0 Å². The molecule has 0 aromatic heterocycles. The average Bonchev–Trinajstić information content (AvgIpc) is 2.59. The Bertz CT molecular complexity index is 362. The number of amides is 1. The Balaban J connectivity index is 3.65. The van der Waals surface area contributed by atoms with E-state index in [1.807, 2.05) is 0 Å². The van der Waals surface area contributed by atoms with Crippen LogP contribution in [0.3, 0.4) is 0 Å². The molecule has 6 nitrogen and oxygen atoms in total. The van der Waals surface area contributed by atoms with Crippen molar-refractivity contribution in [3.05, 3.63) is 0 Å². The van der Waals surface area contributed by atoms with E-state index in [0.717, 1.165) is 45.4 Å². The van der Waals surface area contributed by atoms with Crippen LogP contribution in [0.25, 0.3) is 0 Å². The van der Waals surface area contributed by atoms with Crippen LogP contribution < -0.4 is 16.0 Å². The molecule has 0 spiro atoms. The lowest BCUT2D eigenvalue weighted by atomic mass is 10.1. The summed E-state index contributed by atoms with van der Waals surface area (Å²) < 4.78 is 0. The second kappa shape index (κ2) is 17.4. The third-order valence-electron chi connectivity index (χ3n) is 4.38. The summed E-state index contributed by atoms with van der Waals surface area (Å²) in [6, 6.07) is -0.194. The van der Waals surface area contributed by atoms with E-state index in [9.17, 15) is 9.59 Å². The molecule has 1 amide bonds. The van der Waals surface area contributed by atoms with Crippen LogP contribution in [0.2, 0.25) is 0 Å². The molecule has 0 fully saturated rings. The van der Waals surface area contributed by atoms with Gasteiger partial charge >= 0.3 is 0 Å². The van der Waals surface area contributed by atoms with Gasteiger partial charge in [0.25, 0.3) is 0 Å². The summed E-state index contributed by atoms with van der Waals surface area (Å²) in [6.07, 6.45) is 7.78. The van der Waals surface area contributed by atoms with Crippen molar-refractivity contribution < 1.29 is 9.59 Å². The number of unbranched alkanes of at least 4 members (excludes halogenated alkanes) is 3. The van der Waals surface area contributed by atoms with Crippen LogP contribution >= 0.6 is 0 Å². The van der Waals surface area contributed by atoms with E-state index in [1.54, 1.807) is 6.92 Å². The second-order valence-corrected chi connectivity index (χ2v) is 7.33. The summed E-state index contributed by atoms with van der Waals surface area (Å²) in [5.41, 5.74) is 0. The van der Waals surface area contributed by atoms with Crippen LogP contribution in [0, 0.1) is 0 Å². The van der Waals surface area contributed by atoms with E-state index < -0.39 is 0 Å². The molecule has 0 radical (unpaired) electrons. The largest absolute Gasteiger partial charge is 0.356 e. The predicted molar refractivity (Wildman–Crippen MR) is 110 cm³/mol. The first-order chi connectivity index (χ1) is 12.5. The molecule has 0 bridgehead atoms. The smallest absolute Gasteiger partial charge is 0.220 e. The van der Waals surface area contributed by atoms with Crippen molar-refractivity contribution in [2.24, 2.45) is 0 Å². The fourth-order valence-corrected chi connectivity index (χ4v) is 2.73. The molecule has 1 atom stereocenters. The summed E-state index contributed by atoms with van der Waals surface area (Å²) >= 11 is 0. The van der Waals surface area contributed by atoms with Crippen molar-refractivity contribution in [3.8, 4) is 0 Å². The normalized spacial score (nSPS) is 12.3. The highest BCUT2D eigenvalue weighted by molar-refractivity contribution is 5.82. The van der Waals surface area contributed by atoms with Crippen molar-refractivity contribution >= 4 is 11.7 Å². The number of hydrogen-bond acceptors (Lipinski definition) is 5. The Morgan fingerprint density at radius 3 is 2.31 bits per heavy atom. The molecule has 3 N–H and O–H groups in total. The van der Waals surface area contributed by atoms with E-state index in [2.05, 4.69) is 41.9 Å². The minimum Gasteiger partial charge on any atom is -0.356 e.